The van der Waals surface area contributed by atoms with Gasteiger partial charge in [0, 0.05) is 29.8 Å². The van der Waals surface area contributed by atoms with Crippen LogP contribution in [0.4, 0.5) is 5.69 Å². The van der Waals surface area contributed by atoms with E-state index in [1.807, 2.05) is 24.3 Å². The Morgan fingerprint density at radius 2 is 1.91 bits per heavy atom. The fraction of sp³-hybridized carbons (Fsp3) is 0.111. The monoisotopic (exact) mass is 308 g/mol. The number of nitrogens with one attached hydrogen (secondary N) is 2. The maximum atomic E-state index is 12.5. The second-order valence-electron chi connectivity index (χ2n) is 5.16. The summed E-state index contributed by atoms with van der Waals surface area (Å²) in [7, 11) is 1.62. The topological polar surface area (TPSA) is 71.2 Å². The molecule has 2 N–H and O–H groups in total. The van der Waals surface area contributed by atoms with Gasteiger partial charge in [-0.15, -0.1) is 0 Å². The number of carbonyl (C=O) groups excluding carboxylic acids is 1. The summed E-state index contributed by atoms with van der Waals surface area (Å²) in [5.74, 6) is -0.271. The Labute approximate surface area is 132 Å². The number of pyridine rings is 1. The van der Waals surface area contributed by atoms with Crippen molar-refractivity contribution in [1.82, 2.24) is 4.98 Å². The third-order valence-electron chi connectivity index (χ3n) is 3.55. The van der Waals surface area contributed by atoms with Crippen molar-refractivity contribution >= 4 is 22.4 Å². The summed E-state index contributed by atoms with van der Waals surface area (Å²) in [6, 6.07) is 14.5. The maximum Gasteiger partial charge on any atom is 0.257 e. The quantitative estimate of drug-likeness (QED) is 0.778. The molecule has 1 amide bonds. The van der Waals surface area contributed by atoms with Gasteiger partial charge in [0.25, 0.3) is 11.5 Å². The summed E-state index contributed by atoms with van der Waals surface area (Å²) in [5, 5.41) is 3.97. The van der Waals surface area contributed by atoms with E-state index in [-0.39, 0.29) is 11.5 Å². The van der Waals surface area contributed by atoms with Gasteiger partial charge in [-0.2, -0.15) is 0 Å². The number of hydrogen-bond acceptors (Lipinski definition) is 3. The first kappa shape index (κ1) is 15.0. The number of hydrogen-bond donors (Lipinski definition) is 2. The molecule has 0 spiro atoms. The standard InChI is InChI=1S/C18H16N2O3/c1-23-11-12-5-4-6-13(9-12)20-18(22)16-10-19-17(21)15-8-3-2-7-14(15)16/h2-10H,11H2,1H3,(H,19,21)(H,20,22). The molecule has 116 valence electrons. The molecule has 0 atom stereocenters. The van der Waals surface area contributed by atoms with Crippen LogP contribution in [0.2, 0.25) is 0 Å². The molecule has 5 nitrogen and oxygen atoms in total. The molecule has 5 heteroatoms. The van der Waals surface area contributed by atoms with Crippen molar-refractivity contribution in [1.29, 1.82) is 0 Å². The van der Waals surface area contributed by atoms with Gasteiger partial charge in [-0.05, 0) is 23.8 Å². The predicted molar refractivity (Wildman–Crippen MR) is 89.7 cm³/mol. The fourth-order valence-corrected chi connectivity index (χ4v) is 2.50. The number of ether oxygens (including phenoxy) is 1. The molecular formula is C18H16N2O3. The van der Waals surface area contributed by atoms with Crippen LogP contribution in [0.15, 0.2) is 59.5 Å². The first-order valence-electron chi connectivity index (χ1n) is 7.18. The van der Waals surface area contributed by atoms with E-state index in [1.165, 1.54) is 6.20 Å². The smallest absolute Gasteiger partial charge is 0.257 e. The lowest BCUT2D eigenvalue weighted by Gasteiger charge is -2.09. The summed E-state index contributed by atoms with van der Waals surface area (Å²) in [6.45, 7) is 0.477. The Balaban J connectivity index is 1.94. The summed E-state index contributed by atoms with van der Waals surface area (Å²) < 4.78 is 5.09. The van der Waals surface area contributed by atoms with E-state index in [4.69, 9.17) is 4.74 Å². The summed E-state index contributed by atoms with van der Waals surface area (Å²) in [4.78, 5) is 27.0. The molecule has 0 bridgehead atoms. The third kappa shape index (κ3) is 3.14. The van der Waals surface area contributed by atoms with E-state index < -0.39 is 0 Å². The minimum Gasteiger partial charge on any atom is -0.380 e. The summed E-state index contributed by atoms with van der Waals surface area (Å²) in [5.41, 5.74) is 1.87. The highest BCUT2D eigenvalue weighted by Crippen LogP contribution is 2.17. The number of rotatable bonds is 4. The van der Waals surface area contributed by atoms with Crippen LogP contribution in [-0.2, 0) is 11.3 Å². The highest BCUT2D eigenvalue weighted by Gasteiger charge is 2.12. The second kappa shape index (κ2) is 6.46. The van der Waals surface area contributed by atoms with Crippen molar-refractivity contribution < 1.29 is 9.53 Å². The van der Waals surface area contributed by atoms with Crippen LogP contribution in [0.1, 0.15) is 15.9 Å². The number of methoxy groups -OCH3 is 1. The van der Waals surface area contributed by atoms with E-state index in [9.17, 15) is 9.59 Å². The number of anilines is 1. The first-order valence-corrected chi connectivity index (χ1v) is 7.18. The third-order valence-corrected chi connectivity index (χ3v) is 3.55. The molecule has 0 unspecified atom stereocenters. The highest BCUT2D eigenvalue weighted by atomic mass is 16.5. The van der Waals surface area contributed by atoms with Gasteiger partial charge in [-0.25, -0.2) is 0 Å². The van der Waals surface area contributed by atoms with Crippen molar-refractivity contribution in [2.24, 2.45) is 0 Å². The number of aromatic nitrogens is 1. The van der Waals surface area contributed by atoms with Gasteiger partial charge in [0.1, 0.15) is 0 Å². The molecule has 3 aromatic rings. The number of aromatic amines is 1. The number of fused-ring (bicyclic) bond motifs is 1. The van der Waals surface area contributed by atoms with Crippen LogP contribution in [0.25, 0.3) is 10.8 Å². The van der Waals surface area contributed by atoms with Crippen molar-refractivity contribution in [2.45, 2.75) is 6.61 Å². The average Bonchev–Trinajstić information content (AvgIpc) is 2.56. The van der Waals surface area contributed by atoms with Crippen LogP contribution >= 0.6 is 0 Å². The lowest BCUT2D eigenvalue weighted by molar-refractivity contribution is 0.102. The highest BCUT2D eigenvalue weighted by molar-refractivity contribution is 6.12. The van der Waals surface area contributed by atoms with E-state index in [0.717, 1.165) is 5.56 Å². The maximum absolute atomic E-state index is 12.5. The van der Waals surface area contributed by atoms with Gasteiger partial charge in [-0.3, -0.25) is 9.59 Å². The van der Waals surface area contributed by atoms with E-state index in [1.54, 1.807) is 31.4 Å². The largest absolute Gasteiger partial charge is 0.380 e. The minimum atomic E-state index is -0.271. The van der Waals surface area contributed by atoms with Gasteiger partial charge in [0.15, 0.2) is 0 Å². The average molecular weight is 308 g/mol. The summed E-state index contributed by atoms with van der Waals surface area (Å²) >= 11 is 0. The molecule has 1 aromatic heterocycles. The van der Waals surface area contributed by atoms with Crippen molar-refractivity contribution in [3.8, 4) is 0 Å². The lowest BCUT2D eigenvalue weighted by atomic mass is 10.1. The number of H-pyrrole nitrogens is 1. The molecule has 2 aromatic carbocycles. The Morgan fingerprint density at radius 3 is 2.70 bits per heavy atom. The SMILES string of the molecule is COCc1cccc(NC(=O)c2c[nH]c(=O)c3ccccc23)c1. The fourth-order valence-electron chi connectivity index (χ4n) is 2.50. The zero-order valence-electron chi connectivity index (χ0n) is 12.6. The number of amides is 1. The van der Waals surface area contributed by atoms with E-state index in [0.29, 0.717) is 28.6 Å². The van der Waals surface area contributed by atoms with Gasteiger partial charge in [-0.1, -0.05) is 30.3 Å². The number of carbonyl (C=O) groups is 1. The molecule has 3 rings (SSSR count). The first-order chi connectivity index (χ1) is 11.2. The van der Waals surface area contributed by atoms with Gasteiger partial charge in [0.05, 0.1) is 12.2 Å². The van der Waals surface area contributed by atoms with Gasteiger partial charge >= 0.3 is 0 Å². The van der Waals surface area contributed by atoms with E-state index >= 15 is 0 Å². The summed E-state index contributed by atoms with van der Waals surface area (Å²) in [6.07, 6.45) is 1.44. The van der Waals surface area contributed by atoms with Gasteiger partial charge in [0.2, 0.25) is 0 Å². The molecular weight excluding hydrogens is 292 g/mol. The molecule has 0 fully saturated rings. The molecule has 0 aliphatic carbocycles. The van der Waals surface area contributed by atoms with Crippen molar-refractivity contribution in [3.63, 3.8) is 0 Å². The van der Waals surface area contributed by atoms with Crippen LogP contribution < -0.4 is 10.9 Å². The second-order valence-corrected chi connectivity index (χ2v) is 5.16. The zero-order valence-corrected chi connectivity index (χ0v) is 12.6. The van der Waals surface area contributed by atoms with Crippen molar-refractivity contribution in [2.75, 3.05) is 12.4 Å². The molecule has 0 saturated carbocycles. The Hall–Kier alpha value is -2.92. The van der Waals surface area contributed by atoms with E-state index in [2.05, 4.69) is 10.3 Å². The lowest BCUT2D eigenvalue weighted by Crippen LogP contribution is -2.16. The minimum absolute atomic E-state index is 0.209. The van der Waals surface area contributed by atoms with Crippen LogP contribution in [0.3, 0.4) is 0 Å². The number of benzene rings is 2. The Kier molecular flexibility index (Phi) is 4.21. The molecule has 0 saturated heterocycles. The molecule has 0 aliphatic heterocycles. The predicted octanol–water partition coefficient (Wildman–Crippen LogP) is 2.93. The van der Waals surface area contributed by atoms with Crippen molar-refractivity contribution in [3.05, 3.63) is 76.2 Å². The Morgan fingerprint density at radius 1 is 1.13 bits per heavy atom. The molecule has 1 heterocycles. The molecule has 0 aliphatic rings. The molecule has 23 heavy (non-hydrogen) atoms. The van der Waals surface area contributed by atoms with Crippen LogP contribution in [-0.4, -0.2) is 18.0 Å². The Bertz CT molecular complexity index is 915. The van der Waals surface area contributed by atoms with Crippen LogP contribution in [0, 0.1) is 0 Å². The normalized spacial score (nSPS) is 10.7. The van der Waals surface area contributed by atoms with Gasteiger partial charge < -0.3 is 15.0 Å². The molecule has 0 radical (unpaired) electrons. The van der Waals surface area contributed by atoms with Crippen LogP contribution in [0.5, 0.6) is 0 Å². The zero-order chi connectivity index (χ0) is 16.2.